The third kappa shape index (κ3) is 5.53. The van der Waals surface area contributed by atoms with E-state index >= 15 is 0 Å². The van der Waals surface area contributed by atoms with E-state index in [0.29, 0.717) is 0 Å². The molecule has 0 aliphatic rings. The van der Waals surface area contributed by atoms with Gasteiger partial charge in [0, 0.05) is 51.8 Å². The predicted molar refractivity (Wildman–Crippen MR) is 37.9 cm³/mol. The van der Waals surface area contributed by atoms with E-state index in [2.05, 4.69) is 0 Å². The molecule has 0 aromatic rings. The summed E-state index contributed by atoms with van der Waals surface area (Å²) >= 11 is 5.76. The maximum atomic E-state index is 5.76. The van der Waals surface area contributed by atoms with Crippen LogP contribution in [0.25, 0.3) is 0 Å². The Balaban J connectivity index is 0. The van der Waals surface area contributed by atoms with Gasteiger partial charge in [0.2, 0.25) is 0 Å². The average Bonchev–Trinajstić information content (AvgIpc) is 1.64. The second-order valence-electron chi connectivity index (χ2n) is 2.19. The molecular formula is C6H12ArClN. The van der Waals surface area contributed by atoms with Gasteiger partial charge in [-0.3, -0.25) is 0 Å². The molecule has 0 rings (SSSR count). The summed E-state index contributed by atoms with van der Waals surface area (Å²) in [7, 11) is 3.85. The molecule has 0 spiro atoms. The van der Waals surface area contributed by atoms with E-state index in [0.717, 1.165) is 10.7 Å². The number of hydrogen-bond acceptors (Lipinski definition) is 1. The van der Waals surface area contributed by atoms with Crippen LogP contribution in [0.5, 0.6) is 0 Å². The summed E-state index contributed by atoms with van der Waals surface area (Å²) in [6.45, 7) is 3.98. The summed E-state index contributed by atoms with van der Waals surface area (Å²) in [6, 6.07) is 0. The Morgan fingerprint density at radius 1 is 1.22 bits per heavy atom. The quantitative estimate of drug-likeness (QED) is 0.549. The van der Waals surface area contributed by atoms with Crippen molar-refractivity contribution in [1.29, 1.82) is 0 Å². The molecule has 0 aromatic carbocycles. The first-order chi connectivity index (χ1) is 3.55. The Morgan fingerprint density at radius 2 is 1.56 bits per heavy atom. The number of halogens is 1. The van der Waals surface area contributed by atoms with Crippen molar-refractivity contribution in [3.8, 4) is 0 Å². The van der Waals surface area contributed by atoms with Crippen LogP contribution in [0.4, 0.5) is 0 Å². The van der Waals surface area contributed by atoms with Gasteiger partial charge in [0.05, 0.1) is 0 Å². The zero-order chi connectivity index (χ0) is 6.73. The van der Waals surface area contributed by atoms with Crippen LogP contribution in [0, 0.1) is 37.7 Å². The van der Waals surface area contributed by atoms with Crippen LogP contribution in [-0.4, -0.2) is 19.0 Å². The third-order valence-corrected chi connectivity index (χ3v) is 1.52. The van der Waals surface area contributed by atoms with Gasteiger partial charge in [0.25, 0.3) is 0 Å². The Hall–Kier alpha value is 1.09. The minimum absolute atomic E-state index is 0. The van der Waals surface area contributed by atoms with Gasteiger partial charge < -0.3 is 4.90 Å². The van der Waals surface area contributed by atoms with Crippen molar-refractivity contribution >= 4 is 11.6 Å². The summed E-state index contributed by atoms with van der Waals surface area (Å²) in [6.07, 6.45) is 0. The summed E-state index contributed by atoms with van der Waals surface area (Å²) in [4.78, 5) is 1.89. The molecule has 0 radical (unpaired) electrons. The molecule has 0 aromatic heterocycles. The summed E-state index contributed by atoms with van der Waals surface area (Å²) in [5.41, 5.74) is 1.15. The van der Waals surface area contributed by atoms with Crippen molar-refractivity contribution in [3.63, 3.8) is 0 Å². The van der Waals surface area contributed by atoms with E-state index in [9.17, 15) is 0 Å². The summed E-state index contributed by atoms with van der Waals surface area (Å²) < 4.78 is 0. The second-order valence-corrected chi connectivity index (χ2v) is 2.54. The Labute approximate surface area is 92.1 Å². The predicted octanol–water partition coefficient (Wildman–Crippen LogP) is 2.04. The Kier molecular flexibility index (Phi) is 8.27. The fourth-order valence-corrected chi connectivity index (χ4v) is 0.447. The van der Waals surface area contributed by atoms with Crippen LogP contribution >= 0.6 is 11.6 Å². The van der Waals surface area contributed by atoms with Gasteiger partial charge in [-0.25, -0.2) is 0 Å². The van der Waals surface area contributed by atoms with Crippen LogP contribution in [0.3, 0.4) is 0 Å². The number of rotatable bonds is 1. The van der Waals surface area contributed by atoms with Crippen molar-refractivity contribution in [2.45, 2.75) is 13.8 Å². The number of hydrogen-bond donors (Lipinski definition) is 0. The molecule has 3 heteroatoms. The SMILES string of the molecule is CC(C)=C(Cl)N(C)C.[Ar]. The van der Waals surface area contributed by atoms with E-state index < -0.39 is 0 Å². The van der Waals surface area contributed by atoms with Gasteiger partial charge >= 0.3 is 0 Å². The van der Waals surface area contributed by atoms with Crippen molar-refractivity contribution in [1.82, 2.24) is 4.90 Å². The van der Waals surface area contributed by atoms with E-state index in [1.165, 1.54) is 0 Å². The molecule has 0 N–H and O–H groups in total. The largest absolute Gasteiger partial charge is 0.369 e. The third-order valence-electron chi connectivity index (χ3n) is 0.805. The van der Waals surface area contributed by atoms with Crippen molar-refractivity contribution in [2.75, 3.05) is 14.1 Å². The zero-order valence-electron chi connectivity index (χ0n) is 6.18. The minimum atomic E-state index is 0. The first kappa shape index (κ1) is 12.7. The normalized spacial score (nSPS) is 7.67. The molecule has 0 bridgehead atoms. The first-order valence-corrected chi connectivity index (χ1v) is 2.93. The van der Waals surface area contributed by atoms with Gasteiger partial charge in [-0.15, -0.1) is 0 Å². The molecule has 0 atom stereocenters. The van der Waals surface area contributed by atoms with Gasteiger partial charge in [-0.2, -0.15) is 0 Å². The van der Waals surface area contributed by atoms with E-state index in [1.807, 2.05) is 32.8 Å². The first-order valence-electron chi connectivity index (χ1n) is 2.56. The molecule has 0 saturated heterocycles. The number of nitrogens with zero attached hydrogens (tertiary/aromatic N) is 1. The summed E-state index contributed by atoms with van der Waals surface area (Å²) in [5.74, 6) is 0. The number of allylic oxidation sites excluding steroid dienone is 1. The second kappa shape index (κ2) is 5.84. The fourth-order valence-electron chi connectivity index (χ4n) is 0.447. The Morgan fingerprint density at radius 3 is 1.56 bits per heavy atom. The van der Waals surface area contributed by atoms with Crippen molar-refractivity contribution in [3.05, 3.63) is 10.7 Å². The van der Waals surface area contributed by atoms with Gasteiger partial charge in [-0.05, 0) is 19.4 Å². The average molecular weight is 174 g/mol. The zero-order valence-corrected chi connectivity index (χ0v) is 7.64. The van der Waals surface area contributed by atoms with Crippen LogP contribution < -0.4 is 0 Å². The van der Waals surface area contributed by atoms with Gasteiger partial charge in [0.15, 0.2) is 0 Å². The van der Waals surface area contributed by atoms with Crippen LogP contribution in [0.1, 0.15) is 13.8 Å². The molecule has 0 aliphatic heterocycles. The maximum absolute atomic E-state index is 5.76. The fraction of sp³-hybridized carbons (Fsp3) is 0.667. The molecule has 0 unspecified atom stereocenters. The van der Waals surface area contributed by atoms with E-state index in [-0.39, 0.29) is 37.7 Å². The molecule has 0 saturated carbocycles. The minimum Gasteiger partial charge on any atom is -0.369 e. The van der Waals surface area contributed by atoms with Crippen LogP contribution in [-0.2, 0) is 0 Å². The molecule has 9 heavy (non-hydrogen) atoms. The molecular weight excluding hydrogens is 161 g/mol. The van der Waals surface area contributed by atoms with E-state index in [1.54, 1.807) is 0 Å². The van der Waals surface area contributed by atoms with Crippen molar-refractivity contribution < 1.29 is 37.7 Å². The van der Waals surface area contributed by atoms with Gasteiger partial charge in [0.1, 0.15) is 5.16 Å². The monoisotopic (exact) mass is 173 g/mol. The van der Waals surface area contributed by atoms with Crippen LogP contribution in [0.15, 0.2) is 10.7 Å². The van der Waals surface area contributed by atoms with E-state index in [4.69, 9.17) is 11.6 Å². The standard InChI is InChI=1S/C6H12ClN.Ar/c1-5(2)6(7)8(3)4;/h1-4H3;. The molecule has 56 valence electrons. The molecule has 0 aliphatic carbocycles. The maximum Gasteiger partial charge on any atom is 0.102 e. The topological polar surface area (TPSA) is 3.24 Å². The summed E-state index contributed by atoms with van der Waals surface area (Å²) in [5, 5.41) is 0.824. The smallest absolute Gasteiger partial charge is 0.102 e. The molecule has 0 heterocycles. The van der Waals surface area contributed by atoms with Crippen molar-refractivity contribution in [2.24, 2.45) is 0 Å². The molecule has 0 amide bonds. The van der Waals surface area contributed by atoms with Crippen LogP contribution in [0.2, 0.25) is 0 Å². The molecule has 0 fully saturated rings. The van der Waals surface area contributed by atoms with Gasteiger partial charge in [-0.1, -0.05) is 11.6 Å². The molecule has 1 nitrogen and oxygen atoms in total. The Bertz CT molecular complexity index is 106.